The van der Waals surface area contributed by atoms with Crippen LogP contribution in [-0.2, 0) is 0 Å². The lowest BCUT2D eigenvalue weighted by atomic mass is 9.69. The van der Waals surface area contributed by atoms with Crippen molar-refractivity contribution in [2.24, 2.45) is 17.3 Å². The van der Waals surface area contributed by atoms with E-state index in [9.17, 15) is 0 Å². The maximum atomic E-state index is 3.84. The summed E-state index contributed by atoms with van der Waals surface area (Å²) in [4.78, 5) is 0. The van der Waals surface area contributed by atoms with Gasteiger partial charge in [0.25, 0.3) is 0 Å². The van der Waals surface area contributed by atoms with E-state index in [-0.39, 0.29) is 0 Å². The molecule has 2 aliphatic rings. The van der Waals surface area contributed by atoms with Crippen LogP contribution in [0.2, 0.25) is 0 Å². The molecule has 0 aromatic heterocycles. The average molecular weight is 266 g/mol. The van der Waals surface area contributed by atoms with E-state index < -0.39 is 0 Å². The van der Waals surface area contributed by atoms with Crippen LogP contribution in [-0.4, -0.2) is 25.7 Å². The third-order valence-electron chi connectivity index (χ3n) is 5.84. The van der Waals surface area contributed by atoms with Gasteiger partial charge in [-0.25, -0.2) is 0 Å². The molecule has 0 amide bonds. The van der Waals surface area contributed by atoms with Crippen molar-refractivity contribution in [2.45, 2.75) is 71.8 Å². The maximum Gasteiger partial charge on any atom is 0.00673 e. The van der Waals surface area contributed by atoms with Gasteiger partial charge in [-0.3, -0.25) is 0 Å². The number of nitrogens with one attached hydrogen (secondary N) is 2. The van der Waals surface area contributed by atoms with Crippen molar-refractivity contribution in [3.8, 4) is 0 Å². The van der Waals surface area contributed by atoms with Gasteiger partial charge >= 0.3 is 0 Å². The highest BCUT2D eigenvalue weighted by molar-refractivity contribution is 4.85. The van der Waals surface area contributed by atoms with Crippen molar-refractivity contribution in [1.82, 2.24) is 10.6 Å². The largest absolute Gasteiger partial charge is 0.316 e. The lowest BCUT2D eigenvalue weighted by Crippen LogP contribution is -2.42. The quantitative estimate of drug-likeness (QED) is 0.795. The van der Waals surface area contributed by atoms with Gasteiger partial charge in [0, 0.05) is 6.04 Å². The predicted octanol–water partition coefficient (Wildman–Crippen LogP) is 3.57. The second-order valence-electron chi connectivity index (χ2n) is 7.51. The Morgan fingerprint density at radius 1 is 1.11 bits per heavy atom. The topological polar surface area (TPSA) is 24.1 Å². The van der Waals surface area contributed by atoms with Crippen LogP contribution in [0.4, 0.5) is 0 Å². The SMILES string of the molecule is CCC(C)(C)C1CCC(NCC2CCCNC2)CC1. The van der Waals surface area contributed by atoms with Gasteiger partial charge in [0.2, 0.25) is 0 Å². The third-order valence-corrected chi connectivity index (χ3v) is 5.84. The van der Waals surface area contributed by atoms with Gasteiger partial charge in [-0.1, -0.05) is 27.2 Å². The zero-order valence-corrected chi connectivity index (χ0v) is 13.3. The standard InChI is InChI=1S/C17H34N2/c1-4-17(2,3)15-7-9-16(10-8-15)19-13-14-6-5-11-18-12-14/h14-16,18-19H,4-13H2,1-3H3. The lowest BCUT2D eigenvalue weighted by Gasteiger charge is -2.39. The molecule has 2 nitrogen and oxygen atoms in total. The van der Waals surface area contributed by atoms with Gasteiger partial charge in [0.05, 0.1) is 0 Å². The van der Waals surface area contributed by atoms with Crippen molar-refractivity contribution in [1.29, 1.82) is 0 Å². The molecule has 1 heterocycles. The minimum Gasteiger partial charge on any atom is -0.316 e. The molecule has 1 atom stereocenters. The van der Waals surface area contributed by atoms with E-state index in [0.29, 0.717) is 5.41 Å². The van der Waals surface area contributed by atoms with Crippen molar-refractivity contribution < 1.29 is 0 Å². The Labute approximate surface area is 120 Å². The van der Waals surface area contributed by atoms with Gasteiger partial charge in [-0.15, -0.1) is 0 Å². The van der Waals surface area contributed by atoms with Crippen molar-refractivity contribution >= 4 is 0 Å². The highest BCUT2D eigenvalue weighted by Gasteiger charge is 2.31. The van der Waals surface area contributed by atoms with Crippen LogP contribution in [0.25, 0.3) is 0 Å². The van der Waals surface area contributed by atoms with E-state index in [1.165, 1.54) is 64.6 Å². The van der Waals surface area contributed by atoms with Crippen LogP contribution in [0.5, 0.6) is 0 Å². The Hall–Kier alpha value is -0.0800. The van der Waals surface area contributed by atoms with Crippen molar-refractivity contribution in [3.05, 3.63) is 0 Å². The zero-order chi connectivity index (χ0) is 13.7. The first-order valence-corrected chi connectivity index (χ1v) is 8.56. The minimum atomic E-state index is 0.554. The average Bonchev–Trinajstić information content (AvgIpc) is 2.47. The maximum absolute atomic E-state index is 3.84. The smallest absolute Gasteiger partial charge is 0.00673 e. The summed E-state index contributed by atoms with van der Waals surface area (Å²) in [7, 11) is 0. The summed E-state index contributed by atoms with van der Waals surface area (Å²) >= 11 is 0. The monoisotopic (exact) mass is 266 g/mol. The molecule has 1 saturated heterocycles. The van der Waals surface area contributed by atoms with Crippen LogP contribution < -0.4 is 10.6 Å². The molecular weight excluding hydrogens is 232 g/mol. The molecule has 0 spiro atoms. The molecule has 1 aliphatic carbocycles. The van der Waals surface area contributed by atoms with Gasteiger partial charge in [0.15, 0.2) is 0 Å². The van der Waals surface area contributed by atoms with Gasteiger partial charge in [-0.05, 0) is 75.4 Å². The molecular formula is C17H34N2. The van der Waals surface area contributed by atoms with E-state index in [4.69, 9.17) is 0 Å². The number of piperidine rings is 1. The molecule has 1 aliphatic heterocycles. The summed E-state index contributed by atoms with van der Waals surface area (Å²) < 4.78 is 0. The third kappa shape index (κ3) is 4.46. The van der Waals surface area contributed by atoms with Crippen LogP contribution in [0, 0.1) is 17.3 Å². The molecule has 2 heteroatoms. The Kier molecular flexibility index (Phi) is 5.70. The highest BCUT2D eigenvalue weighted by Crippen LogP contribution is 2.40. The van der Waals surface area contributed by atoms with Gasteiger partial charge in [0.1, 0.15) is 0 Å². The molecule has 0 radical (unpaired) electrons. The first kappa shape index (κ1) is 15.3. The van der Waals surface area contributed by atoms with E-state index >= 15 is 0 Å². The predicted molar refractivity (Wildman–Crippen MR) is 83.4 cm³/mol. The van der Waals surface area contributed by atoms with Crippen LogP contribution >= 0.6 is 0 Å². The number of hydrogen-bond donors (Lipinski definition) is 2. The first-order valence-electron chi connectivity index (χ1n) is 8.56. The second-order valence-corrected chi connectivity index (χ2v) is 7.51. The summed E-state index contributed by atoms with van der Waals surface area (Å²) in [5, 5.41) is 7.36. The summed E-state index contributed by atoms with van der Waals surface area (Å²) in [5.74, 6) is 1.82. The second kappa shape index (κ2) is 7.08. The fraction of sp³-hybridized carbons (Fsp3) is 1.00. The van der Waals surface area contributed by atoms with Gasteiger partial charge in [-0.2, -0.15) is 0 Å². The minimum absolute atomic E-state index is 0.554. The number of rotatable bonds is 5. The Bertz CT molecular complexity index is 248. The zero-order valence-electron chi connectivity index (χ0n) is 13.3. The molecule has 0 aromatic carbocycles. The first-order chi connectivity index (χ1) is 9.12. The Balaban J connectivity index is 1.66. The number of hydrogen-bond acceptors (Lipinski definition) is 2. The highest BCUT2D eigenvalue weighted by atomic mass is 14.9. The molecule has 0 aromatic rings. The fourth-order valence-corrected chi connectivity index (χ4v) is 3.80. The lowest BCUT2D eigenvalue weighted by molar-refractivity contribution is 0.135. The molecule has 2 rings (SSSR count). The molecule has 1 saturated carbocycles. The molecule has 0 bridgehead atoms. The summed E-state index contributed by atoms with van der Waals surface area (Å²) in [6.45, 7) is 11.0. The van der Waals surface area contributed by atoms with Crippen LogP contribution in [0.15, 0.2) is 0 Å². The van der Waals surface area contributed by atoms with Crippen molar-refractivity contribution in [3.63, 3.8) is 0 Å². The summed E-state index contributed by atoms with van der Waals surface area (Å²) in [6, 6.07) is 0.797. The van der Waals surface area contributed by atoms with E-state index in [2.05, 4.69) is 31.4 Å². The molecule has 19 heavy (non-hydrogen) atoms. The van der Waals surface area contributed by atoms with E-state index in [1.54, 1.807) is 0 Å². The molecule has 112 valence electrons. The molecule has 1 unspecified atom stereocenters. The van der Waals surface area contributed by atoms with E-state index in [0.717, 1.165) is 17.9 Å². The normalized spacial score (nSPS) is 33.3. The summed E-state index contributed by atoms with van der Waals surface area (Å²) in [6.07, 6.45) is 9.76. The van der Waals surface area contributed by atoms with Gasteiger partial charge < -0.3 is 10.6 Å². The molecule has 2 N–H and O–H groups in total. The van der Waals surface area contributed by atoms with Crippen molar-refractivity contribution in [2.75, 3.05) is 19.6 Å². The van der Waals surface area contributed by atoms with Crippen LogP contribution in [0.1, 0.15) is 65.7 Å². The molecule has 2 fully saturated rings. The Morgan fingerprint density at radius 2 is 1.84 bits per heavy atom. The summed E-state index contributed by atoms with van der Waals surface area (Å²) in [5.41, 5.74) is 0.554. The van der Waals surface area contributed by atoms with Crippen LogP contribution in [0.3, 0.4) is 0 Å². The fourth-order valence-electron chi connectivity index (χ4n) is 3.80. The van der Waals surface area contributed by atoms with E-state index in [1.807, 2.05) is 0 Å². The Morgan fingerprint density at radius 3 is 2.42 bits per heavy atom.